The number of hydrogen-bond acceptors (Lipinski definition) is 3. The lowest BCUT2D eigenvalue weighted by Gasteiger charge is -2.20. The second kappa shape index (κ2) is 8.27. The Kier molecular flexibility index (Phi) is 6.98. The van der Waals surface area contributed by atoms with Gasteiger partial charge in [0.1, 0.15) is 5.82 Å². The quantitative estimate of drug-likeness (QED) is 0.679. The van der Waals surface area contributed by atoms with Gasteiger partial charge in [-0.15, -0.1) is 0 Å². The number of nitrogens with one attached hydrogen (secondary N) is 1. The smallest absolute Gasteiger partial charge is 0.109 e. The van der Waals surface area contributed by atoms with E-state index >= 15 is 0 Å². The fourth-order valence-electron chi connectivity index (χ4n) is 1.83. The highest BCUT2D eigenvalue weighted by Gasteiger charge is 2.02. The summed E-state index contributed by atoms with van der Waals surface area (Å²) in [6, 6.07) is 0.654. The van der Waals surface area contributed by atoms with Crippen molar-refractivity contribution in [2.45, 2.75) is 39.2 Å². The van der Waals surface area contributed by atoms with Crippen LogP contribution in [0, 0.1) is 0 Å². The lowest BCUT2D eigenvalue weighted by molar-refractivity contribution is 0.268. The van der Waals surface area contributed by atoms with E-state index in [2.05, 4.69) is 40.7 Å². The van der Waals surface area contributed by atoms with Crippen molar-refractivity contribution in [3.05, 3.63) is 18.2 Å². The molecule has 1 rings (SSSR count). The van der Waals surface area contributed by atoms with Crippen LogP contribution < -0.4 is 5.32 Å². The summed E-state index contributed by atoms with van der Waals surface area (Å²) in [5.41, 5.74) is 0. The van der Waals surface area contributed by atoms with Gasteiger partial charge in [0.2, 0.25) is 0 Å². The number of rotatable bonds is 9. The van der Waals surface area contributed by atoms with Gasteiger partial charge in [-0.1, -0.05) is 0 Å². The molecule has 0 bridgehead atoms. The molecule has 0 atom stereocenters. The number of imidazole rings is 1. The van der Waals surface area contributed by atoms with Crippen molar-refractivity contribution in [3.8, 4) is 0 Å². The largest absolute Gasteiger partial charge is 0.338 e. The highest BCUT2D eigenvalue weighted by molar-refractivity contribution is 4.91. The molecule has 0 saturated carbocycles. The molecule has 104 valence electrons. The van der Waals surface area contributed by atoms with Crippen LogP contribution in [0.1, 0.15) is 32.5 Å². The van der Waals surface area contributed by atoms with Crippen molar-refractivity contribution < 1.29 is 0 Å². The zero-order valence-corrected chi connectivity index (χ0v) is 12.3. The van der Waals surface area contributed by atoms with Gasteiger partial charge in [0.25, 0.3) is 0 Å². The monoisotopic (exact) mass is 252 g/mol. The first-order valence-electron chi connectivity index (χ1n) is 6.98. The summed E-state index contributed by atoms with van der Waals surface area (Å²) < 4.78 is 2.08. The molecule has 1 aromatic heterocycles. The van der Waals surface area contributed by atoms with Crippen molar-refractivity contribution in [2.75, 3.05) is 26.7 Å². The maximum Gasteiger partial charge on any atom is 0.109 e. The number of unbranched alkanes of at least 4 members (excludes halogenated alkanes) is 1. The molecule has 0 amide bonds. The highest BCUT2D eigenvalue weighted by atomic mass is 15.1. The number of aromatic nitrogens is 2. The summed E-state index contributed by atoms with van der Waals surface area (Å²) in [5, 5.41) is 3.48. The molecule has 0 saturated heterocycles. The van der Waals surface area contributed by atoms with E-state index < -0.39 is 0 Å². The molecule has 0 spiro atoms. The summed E-state index contributed by atoms with van der Waals surface area (Å²) in [4.78, 5) is 6.71. The third-order valence-corrected chi connectivity index (χ3v) is 3.44. The van der Waals surface area contributed by atoms with E-state index in [-0.39, 0.29) is 0 Å². The molecular weight excluding hydrogens is 224 g/mol. The molecule has 4 nitrogen and oxygen atoms in total. The van der Waals surface area contributed by atoms with Crippen LogP contribution in [0.3, 0.4) is 0 Å². The maximum atomic E-state index is 4.31. The average molecular weight is 252 g/mol. The van der Waals surface area contributed by atoms with Crippen molar-refractivity contribution in [1.29, 1.82) is 0 Å². The van der Waals surface area contributed by atoms with Gasteiger partial charge in [0, 0.05) is 38.4 Å². The number of nitrogens with zero attached hydrogens (tertiary/aromatic N) is 3. The molecule has 0 aliphatic rings. The van der Waals surface area contributed by atoms with Crippen LogP contribution in [0.25, 0.3) is 0 Å². The average Bonchev–Trinajstić information content (AvgIpc) is 2.73. The Morgan fingerprint density at radius 1 is 1.33 bits per heavy atom. The zero-order valence-electron chi connectivity index (χ0n) is 12.3. The molecule has 0 unspecified atom stereocenters. The topological polar surface area (TPSA) is 33.1 Å². The normalized spacial score (nSPS) is 11.7. The van der Waals surface area contributed by atoms with E-state index in [1.165, 1.54) is 19.4 Å². The minimum absolute atomic E-state index is 0.654. The first kappa shape index (κ1) is 15.2. The Hall–Kier alpha value is -0.870. The van der Waals surface area contributed by atoms with Gasteiger partial charge < -0.3 is 14.8 Å². The first-order chi connectivity index (χ1) is 8.61. The summed E-state index contributed by atoms with van der Waals surface area (Å²) in [7, 11) is 4.24. The molecule has 18 heavy (non-hydrogen) atoms. The van der Waals surface area contributed by atoms with Gasteiger partial charge >= 0.3 is 0 Å². The third kappa shape index (κ3) is 5.65. The zero-order chi connectivity index (χ0) is 13.4. The van der Waals surface area contributed by atoms with Crippen molar-refractivity contribution >= 4 is 0 Å². The summed E-state index contributed by atoms with van der Waals surface area (Å²) in [6.07, 6.45) is 7.38. The fraction of sp³-hybridized carbons (Fsp3) is 0.786. The Labute approximate surface area is 111 Å². The molecule has 1 N–H and O–H groups in total. The molecule has 0 radical (unpaired) electrons. The van der Waals surface area contributed by atoms with Crippen LogP contribution in [0.15, 0.2) is 12.4 Å². The predicted octanol–water partition coefficient (Wildman–Crippen LogP) is 1.67. The van der Waals surface area contributed by atoms with Crippen LogP contribution in [-0.4, -0.2) is 47.2 Å². The molecule has 0 aliphatic carbocycles. The SMILES string of the molecule is CC(C)N(C)CCCCNCCc1nccn1C. The van der Waals surface area contributed by atoms with Gasteiger partial charge in [0.15, 0.2) is 0 Å². The van der Waals surface area contributed by atoms with Gasteiger partial charge in [-0.2, -0.15) is 0 Å². The standard InChI is InChI=1S/C14H28N4/c1-13(2)17(3)11-6-5-8-15-9-7-14-16-10-12-18(14)4/h10,12-13,15H,5-9,11H2,1-4H3. The van der Waals surface area contributed by atoms with Gasteiger partial charge in [-0.05, 0) is 46.8 Å². The fourth-order valence-corrected chi connectivity index (χ4v) is 1.83. The van der Waals surface area contributed by atoms with Crippen molar-refractivity contribution in [3.63, 3.8) is 0 Å². The minimum atomic E-state index is 0.654. The lowest BCUT2D eigenvalue weighted by Crippen LogP contribution is -2.28. The van der Waals surface area contributed by atoms with Crippen molar-refractivity contribution in [2.24, 2.45) is 7.05 Å². The Bertz CT molecular complexity index is 319. The predicted molar refractivity (Wildman–Crippen MR) is 76.8 cm³/mol. The van der Waals surface area contributed by atoms with Crippen LogP contribution in [0.4, 0.5) is 0 Å². The second-order valence-electron chi connectivity index (χ2n) is 5.24. The van der Waals surface area contributed by atoms with Gasteiger partial charge in [0.05, 0.1) is 0 Å². The van der Waals surface area contributed by atoms with Crippen LogP contribution in [0.5, 0.6) is 0 Å². The number of aryl methyl sites for hydroxylation is 1. The molecule has 0 aliphatic heterocycles. The maximum absolute atomic E-state index is 4.31. The molecular formula is C14H28N4. The van der Waals surface area contributed by atoms with Gasteiger partial charge in [-0.3, -0.25) is 0 Å². The van der Waals surface area contributed by atoms with E-state index in [9.17, 15) is 0 Å². The minimum Gasteiger partial charge on any atom is -0.338 e. The number of hydrogen-bond donors (Lipinski definition) is 1. The molecule has 1 aromatic rings. The Morgan fingerprint density at radius 2 is 2.11 bits per heavy atom. The van der Waals surface area contributed by atoms with E-state index in [1.54, 1.807) is 0 Å². The summed E-state index contributed by atoms with van der Waals surface area (Å²) in [6.45, 7) is 7.80. The van der Waals surface area contributed by atoms with Crippen LogP contribution in [0.2, 0.25) is 0 Å². The molecule has 0 aromatic carbocycles. The third-order valence-electron chi connectivity index (χ3n) is 3.44. The van der Waals surface area contributed by atoms with Crippen LogP contribution in [-0.2, 0) is 13.5 Å². The van der Waals surface area contributed by atoms with Gasteiger partial charge in [-0.25, -0.2) is 4.98 Å². The lowest BCUT2D eigenvalue weighted by atomic mass is 10.2. The molecule has 4 heteroatoms. The van der Waals surface area contributed by atoms with Crippen molar-refractivity contribution in [1.82, 2.24) is 19.8 Å². The Balaban J connectivity index is 1.95. The highest BCUT2D eigenvalue weighted by Crippen LogP contribution is 1.97. The van der Waals surface area contributed by atoms with E-state index in [4.69, 9.17) is 0 Å². The molecule has 0 fully saturated rings. The first-order valence-corrected chi connectivity index (χ1v) is 6.98. The van der Waals surface area contributed by atoms with Crippen LogP contribution >= 0.6 is 0 Å². The Morgan fingerprint density at radius 3 is 2.72 bits per heavy atom. The second-order valence-corrected chi connectivity index (χ2v) is 5.24. The van der Waals surface area contributed by atoms with E-state index in [1.807, 2.05) is 19.4 Å². The summed E-state index contributed by atoms with van der Waals surface area (Å²) in [5.74, 6) is 1.15. The van der Waals surface area contributed by atoms with E-state index in [0.717, 1.165) is 25.3 Å². The van der Waals surface area contributed by atoms with E-state index in [0.29, 0.717) is 6.04 Å². The summed E-state index contributed by atoms with van der Waals surface area (Å²) >= 11 is 0. The molecule has 1 heterocycles.